The first-order valence-electron chi connectivity index (χ1n) is 8.54. The molecule has 3 atom stereocenters. The van der Waals surface area contributed by atoms with Gasteiger partial charge in [0.2, 0.25) is 5.60 Å². The van der Waals surface area contributed by atoms with Crippen molar-refractivity contribution in [3.63, 3.8) is 0 Å². The average Bonchev–Trinajstić information content (AvgIpc) is 2.71. The third-order valence-electron chi connectivity index (χ3n) is 4.63. The quantitative estimate of drug-likeness (QED) is 0.589. The van der Waals surface area contributed by atoms with Gasteiger partial charge in [0.25, 0.3) is 5.91 Å². The zero-order valence-corrected chi connectivity index (χ0v) is 15.0. The van der Waals surface area contributed by atoms with Crippen LogP contribution in [-0.2, 0) is 14.3 Å². The molecule has 7 heteroatoms. The first-order valence-corrected chi connectivity index (χ1v) is 8.54. The maximum Gasteiger partial charge on any atom is 0.338 e. The molecule has 1 saturated heterocycles. The molecule has 0 aliphatic carbocycles. The largest absolute Gasteiger partial charge is 0.497 e. The van der Waals surface area contributed by atoms with Crippen LogP contribution in [0, 0.1) is 0 Å². The Morgan fingerprint density at radius 1 is 1.19 bits per heavy atom. The van der Waals surface area contributed by atoms with Crippen LogP contribution in [0.25, 0.3) is 0 Å². The number of β-lactam (4-membered cyclic amide) rings is 1. The normalized spacial score (nSPS) is 22.7. The molecule has 0 radical (unpaired) electrons. The van der Waals surface area contributed by atoms with Crippen LogP contribution in [0.5, 0.6) is 5.75 Å². The number of benzene rings is 2. The van der Waals surface area contributed by atoms with Crippen molar-refractivity contribution in [1.82, 2.24) is 0 Å². The van der Waals surface area contributed by atoms with E-state index in [0.717, 1.165) is 0 Å². The number of methoxy groups -OCH3 is 1. The molecule has 1 heterocycles. The fourth-order valence-corrected chi connectivity index (χ4v) is 3.27. The minimum Gasteiger partial charge on any atom is -0.497 e. The van der Waals surface area contributed by atoms with Crippen molar-refractivity contribution >= 4 is 17.6 Å². The van der Waals surface area contributed by atoms with E-state index >= 15 is 0 Å². The number of amides is 1. The first kappa shape index (κ1) is 18.9. The third kappa shape index (κ3) is 3.05. The monoisotopic (exact) mass is 371 g/mol. The summed E-state index contributed by atoms with van der Waals surface area (Å²) in [7, 11) is 1.53. The summed E-state index contributed by atoms with van der Waals surface area (Å²) in [5.41, 5.74) is -1.23. The van der Waals surface area contributed by atoms with Crippen molar-refractivity contribution < 1.29 is 29.3 Å². The van der Waals surface area contributed by atoms with Gasteiger partial charge in [0.05, 0.1) is 13.7 Å². The highest BCUT2D eigenvalue weighted by Gasteiger charge is 2.67. The Kier molecular flexibility index (Phi) is 5.16. The van der Waals surface area contributed by atoms with Gasteiger partial charge in [-0.3, -0.25) is 9.69 Å². The van der Waals surface area contributed by atoms with Gasteiger partial charge in [-0.15, -0.1) is 0 Å². The molecule has 142 valence electrons. The van der Waals surface area contributed by atoms with E-state index in [1.54, 1.807) is 61.5 Å². The average molecular weight is 371 g/mol. The summed E-state index contributed by atoms with van der Waals surface area (Å²) < 4.78 is 9.93. The van der Waals surface area contributed by atoms with Crippen LogP contribution in [0.1, 0.15) is 18.5 Å². The molecule has 1 aliphatic rings. The molecule has 0 unspecified atom stereocenters. The van der Waals surface area contributed by atoms with Gasteiger partial charge in [-0.25, -0.2) is 4.79 Å². The highest BCUT2D eigenvalue weighted by molar-refractivity contribution is 6.11. The van der Waals surface area contributed by atoms with Crippen molar-refractivity contribution in [2.45, 2.75) is 24.7 Å². The Morgan fingerprint density at radius 2 is 1.81 bits per heavy atom. The number of ether oxygens (including phenoxy) is 2. The summed E-state index contributed by atoms with van der Waals surface area (Å²) in [6.45, 7) is 1.60. The van der Waals surface area contributed by atoms with Crippen molar-refractivity contribution in [3.8, 4) is 5.75 Å². The van der Waals surface area contributed by atoms with Crippen molar-refractivity contribution in [2.24, 2.45) is 0 Å². The van der Waals surface area contributed by atoms with Gasteiger partial charge in [0.1, 0.15) is 11.8 Å². The predicted octanol–water partition coefficient (Wildman–Crippen LogP) is 1.44. The predicted molar refractivity (Wildman–Crippen MR) is 97.3 cm³/mol. The number of carbonyl (C=O) groups excluding carboxylic acids is 2. The molecular weight excluding hydrogens is 350 g/mol. The van der Waals surface area contributed by atoms with Crippen molar-refractivity contribution in [2.75, 3.05) is 18.6 Å². The number of para-hydroxylation sites is 1. The number of rotatable bonds is 6. The molecule has 0 saturated carbocycles. The third-order valence-corrected chi connectivity index (χ3v) is 4.63. The second-order valence-corrected chi connectivity index (χ2v) is 6.17. The summed E-state index contributed by atoms with van der Waals surface area (Å²) in [6.07, 6.45) is -2.00. The first-order chi connectivity index (χ1) is 12.9. The van der Waals surface area contributed by atoms with Crippen LogP contribution in [0.15, 0.2) is 54.6 Å². The van der Waals surface area contributed by atoms with Crippen LogP contribution >= 0.6 is 0 Å². The molecule has 7 nitrogen and oxygen atoms in total. The molecule has 0 bridgehead atoms. The van der Waals surface area contributed by atoms with Crippen LogP contribution in [0.4, 0.5) is 5.69 Å². The SMILES string of the molecule is CCOC(=O)[C@H](O)[C@]1(O)C(=O)N(c2ccccc2)[C@H]1c1ccc(OC)cc1. The molecule has 0 spiro atoms. The van der Waals surface area contributed by atoms with E-state index in [0.29, 0.717) is 17.0 Å². The fourth-order valence-electron chi connectivity index (χ4n) is 3.27. The van der Waals surface area contributed by atoms with Gasteiger partial charge >= 0.3 is 5.97 Å². The molecule has 27 heavy (non-hydrogen) atoms. The molecule has 1 amide bonds. The molecule has 2 aromatic rings. The van der Waals surface area contributed by atoms with Crippen LogP contribution in [-0.4, -0.2) is 47.5 Å². The fraction of sp³-hybridized carbons (Fsp3) is 0.300. The zero-order valence-electron chi connectivity index (χ0n) is 15.0. The van der Waals surface area contributed by atoms with Gasteiger partial charge in [-0.1, -0.05) is 30.3 Å². The highest BCUT2D eigenvalue weighted by atomic mass is 16.5. The van der Waals surface area contributed by atoms with E-state index < -0.39 is 29.6 Å². The van der Waals surface area contributed by atoms with E-state index in [-0.39, 0.29) is 6.61 Å². The number of anilines is 1. The summed E-state index contributed by atoms with van der Waals surface area (Å²) in [4.78, 5) is 26.2. The summed E-state index contributed by atoms with van der Waals surface area (Å²) >= 11 is 0. The number of esters is 1. The smallest absolute Gasteiger partial charge is 0.338 e. The zero-order chi connectivity index (χ0) is 19.6. The summed E-state index contributed by atoms with van der Waals surface area (Å²) in [5, 5.41) is 21.4. The van der Waals surface area contributed by atoms with Crippen LogP contribution in [0.2, 0.25) is 0 Å². The molecule has 3 rings (SSSR count). The number of aliphatic hydroxyl groups excluding tert-OH is 1. The van der Waals surface area contributed by atoms with E-state index in [1.165, 1.54) is 12.0 Å². The lowest BCUT2D eigenvalue weighted by molar-refractivity contribution is -0.189. The second kappa shape index (κ2) is 7.38. The van der Waals surface area contributed by atoms with E-state index in [1.807, 2.05) is 0 Å². The summed E-state index contributed by atoms with van der Waals surface area (Å²) in [6, 6.07) is 14.5. The van der Waals surface area contributed by atoms with Gasteiger partial charge in [0, 0.05) is 5.69 Å². The Hall–Kier alpha value is -2.90. The number of hydrogen-bond donors (Lipinski definition) is 2. The number of hydrogen-bond acceptors (Lipinski definition) is 6. The molecule has 1 aliphatic heterocycles. The van der Waals surface area contributed by atoms with E-state index in [2.05, 4.69) is 0 Å². The lowest BCUT2D eigenvalue weighted by atomic mass is 9.73. The molecular formula is C20H21NO6. The Balaban J connectivity index is 2.04. The molecule has 2 N–H and O–H groups in total. The number of carbonyl (C=O) groups is 2. The van der Waals surface area contributed by atoms with Gasteiger partial charge < -0.3 is 19.7 Å². The topological polar surface area (TPSA) is 96.3 Å². The minimum atomic E-state index is -2.32. The van der Waals surface area contributed by atoms with Crippen LogP contribution in [0.3, 0.4) is 0 Å². The minimum absolute atomic E-state index is 0.0236. The molecule has 2 aromatic carbocycles. The van der Waals surface area contributed by atoms with Crippen LogP contribution < -0.4 is 9.64 Å². The second-order valence-electron chi connectivity index (χ2n) is 6.17. The Bertz CT molecular complexity index is 822. The number of aliphatic hydroxyl groups is 2. The van der Waals surface area contributed by atoms with Crippen molar-refractivity contribution in [1.29, 1.82) is 0 Å². The summed E-state index contributed by atoms with van der Waals surface area (Å²) in [5.74, 6) is -1.21. The molecule has 0 aromatic heterocycles. The van der Waals surface area contributed by atoms with Gasteiger partial charge in [-0.2, -0.15) is 0 Å². The van der Waals surface area contributed by atoms with Crippen molar-refractivity contribution in [3.05, 3.63) is 60.2 Å². The highest BCUT2D eigenvalue weighted by Crippen LogP contribution is 2.48. The maximum atomic E-state index is 12.8. The Labute approximate surface area is 156 Å². The Morgan fingerprint density at radius 3 is 2.37 bits per heavy atom. The van der Waals surface area contributed by atoms with Gasteiger partial charge in [-0.05, 0) is 36.8 Å². The lowest BCUT2D eigenvalue weighted by Gasteiger charge is -2.54. The van der Waals surface area contributed by atoms with E-state index in [4.69, 9.17) is 9.47 Å². The maximum absolute atomic E-state index is 12.8. The van der Waals surface area contributed by atoms with Gasteiger partial charge in [0.15, 0.2) is 6.10 Å². The lowest BCUT2D eigenvalue weighted by Crippen LogP contribution is -2.75. The number of nitrogens with zero attached hydrogens (tertiary/aromatic N) is 1. The van der Waals surface area contributed by atoms with E-state index in [9.17, 15) is 19.8 Å². The molecule has 1 fully saturated rings. The standard InChI is InChI=1S/C20H21NO6/c1-3-27-18(23)17(22)20(25)16(13-9-11-15(26-2)12-10-13)21(19(20)24)14-7-5-4-6-8-14/h4-12,16-17,22,25H,3H2,1-2H3/t16-,17-,20-/m0/s1.